The summed E-state index contributed by atoms with van der Waals surface area (Å²) in [5, 5.41) is 13.6. The molecule has 0 radical (unpaired) electrons. The zero-order chi connectivity index (χ0) is 20.1. The first kappa shape index (κ1) is 19.1. The van der Waals surface area contributed by atoms with Gasteiger partial charge in [-0.05, 0) is 51.3 Å². The maximum Gasteiger partial charge on any atom is 0.271 e. The van der Waals surface area contributed by atoms with E-state index in [4.69, 9.17) is 14.5 Å². The molecule has 0 aliphatic carbocycles. The highest BCUT2D eigenvalue weighted by Gasteiger charge is 2.36. The Bertz CT molecular complexity index is 992. The van der Waals surface area contributed by atoms with Gasteiger partial charge in [0.2, 0.25) is 0 Å². The Morgan fingerprint density at radius 1 is 1.43 bits per heavy atom. The van der Waals surface area contributed by atoms with E-state index in [1.807, 2.05) is 17.7 Å². The molecular formula is C20H25N3O4S. The predicted molar refractivity (Wildman–Crippen MR) is 110 cm³/mol. The third-order valence-electron chi connectivity index (χ3n) is 5.29. The van der Waals surface area contributed by atoms with Crippen LogP contribution in [0.2, 0.25) is 0 Å². The van der Waals surface area contributed by atoms with Crippen LogP contribution in [0.1, 0.15) is 56.0 Å². The molecule has 1 aromatic carbocycles. The Morgan fingerprint density at radius 3 is 2.93 bits per heavy atom. The molecule has 2 atom stereocenters. The number of ether oxygens (including phenoxy) is 2. The fourth-order valence-electron chi connectivity index (χ4n) is 3.99. The van der Waals surface area contributed by atoms with Gasteiger partial charge in [0.05, 0.1) is 34.6 Å². The summed E-state index contributed by atoms with van der Waals surface area (Å²) in [5.74, 6) is 1.16. The quantitative estimate of drug-likeness (QED) is 0.811. The molecule has 2 aliphatic heterocycles. The number of thioether (sulfide) groups is 1. The van der Waals surface area contributed by atoms with Gasteiger partial charge in [-0.2, -0.15) is 0 Å². The first-order valence-electron chi connectivity index (χ1n) is 9.36. The first-order chi connectivity index (χ1) is 13.3. The fourth-order valence-corrected chi connectivity index (χ4v) is 5.08. The molecule has 7 nitrogen and oxygen atoms in total. The van der Waals surface area contributed by atoms with E-state index in [-0.39, 0.29) is 28.2 Å². The second-order valence-corrected chi connectivity index (χ2v) is 9.16. The second-order valence-electron chi connectivity index (χ2n) is 7.86. The van der Waals surface area contributed by atoms with Crippen molar-refractivity contribution in [1.29, 1.82) is 0 Å². The summed E-state index contributed by atoms with van der Waals surface area (Å²) in [7, 11) is 1.52. The average molecular weight is 404 g/mol. The number of H-pyrrole nitrogens is 1. The Balaban J connectivity index is 1.80. The molecule has 8 heteroatoms. The Labute approximate surface area is 167 Å². The monoisotopic (exact) mass is 403 g/mol. The molecule has 0 saturated carbocycles. The highest BCUT2D eigenvalue weighted by molar-refractivity contribution is 8.14. The molecule has 1 saturated heterocycles. The molecule has 0 bridgehead atoms. The molecule has 2 aliphatic rings. The van der Waals surface area contributed by atoms with Gasteiger partial charge in [0, 0.05) is 6.61 Å². The van der Waals surface area contributed by atoms with E-state index in [1.165, 1.54) is 18.9 Å². The van der Waals surface area contributed by atoms with Crippen molar-refractivity contribution in [3.8, 4) is 11.5 Å². The molecule has 2 unspecified atom stereocenters. The van der Waals surface area contributed by atoms with Crippen molar-refractivity contribution in [2.24, 2.45) is 4.99 Å². The normalized spacial score (nSPS) is 23.8. The topological polar surface area (TPSA) is 88.8 Å². The number of phenols is 1. The van der Waals surface area contributed by atoms with Crippen LogP contribution in [0.4, 0.5) is 5.82 Å². The number of hydrogen-bond donors (Lipinski definition) is 2. The Hall–Kier alpha value is -2.19. The van der Waals surface area contributed by atoms with Crippen LogP contribution in [0.15, 0.2) is 28.0 Å². The lowest BCUT2D eigenvalue weighted by atomic mass is 9.94. The largest absolute Gasteiger partial charge is 0.504 e. The van der Waals surface area contributed by atoms with Crippen molar-refractivity contribution in [3.05, 3.63) is 39.7 Å². The van der Waals surface area contributed by atoms with Crippen molar-refractivity contribution in [2.45, 2.75) is 50.5 Å². The number of benzene rings is 1. The fraction of sp³-hybridized carbons (Fsp3) is 0.500. The molecule has 1 fully saturated rings. The summed E-state index contributed by atoms with van der Waals surface area (Å²) >= 11 is 1.54. The third kappa shape index (κ3) is 3.35. The number of aliphatic imine (C=N–C) groups is 1. The molecule has 0 amide bonds. The number of fused-ring (bicyclic) bond motifs is 1. The first-order valence-corrected chi connectivity index (χ1v) is 10.2. The smallest absolute Gasteiger partial charge is 0.271 e. The maximum absolute atomic E-state index is 12.9. The van der Waals surface area contributed by atoms with Gasteiger partial charge in [-0.15, -0.1) is 0 Å². The van der Waals surface area contributed by atoms with Crippen molar-refractivity contribution in [2.75, 3.05) is 13.7 Å². The molecule has 1 aromatic heterocycles. The SMILES string of the molecule is COc1cc(C2SC(C)=Nc3c2c(=O)[nH]n3C2CCOC(C)(C)C2)ccc1O. The highest BCUT2D eigenvalue weighted by Crippen LogP contribution is 2.46. The van der Waals surface area contributed by atoms with Crippen LogP contribution in [0.3, 0.4) is 0 Å². The number of nitrogens with zero attached hydrogens (tertiary/aromatic N) is 2. The van der Waals surface area contributed by atoms with Crippen molar-refractivity contribution in [1.82, 2.24) is 9.78 Å². The second kappa shape index (κ2) is 7.00. The summed E-state index contributed by atoms with van der Waals surface area (Å²) in [5.41, 5.74) is 1.18. The van der Waals surface area contributed by atoms with Gasteiger partial charge in [-0.1, -0.05) is 17.8 Å². The van der Waals surface area contributed by atoms with Gasteiger partial charge in [-0.25, -0.2) is 4.99 Å². The van der Waals surface area contributed by atoms with E-state index in [2.05, 4.69) is 18.9 Å². The van der Waals surface area contributed by atoms with Gasteiger partial charge in [0.1, 0.15) is 0 Å². The number of rotatable bonds is 3. The van der Waals surface area contributed by atoms with Crippen LogP contribution < -0.4 is 10.3 Å². The van der Waals surface area contributed by atoms with E-state index >= 15 is 0 Å². The van der Waals surface area contributed by atoms with Crippen molar-refractivity contribution < 1.29 is 14.6 Å². The molecule has 2 aromatic rings. The van der Waals surface area contributed by atoms with E-state index < -0.39 is 0 Å². The summed E-state index contributed by atoms with van der Waals surface area (Å²) in [6.07, 6.45) is 1.64. The summed E-state index contributed by atoms with van der Waals surface area (Å²) in [6.45, 7) is 6.75. The zero-order valence-corrected chi connectivity index (χ0v) is 17.3. The summed E-state index contributed by atoms with van der Waals surface area (Å²) in [4.78, 5) is 17.6. The van der Waals surface area contributed by atoms with Crippen LogP contribution in [0, 0.1) is 0 Å². The summed E-state index contributed by atoms with van der Waals surface area (Å²) in [6, 6.07) is 5.34. The molecule has 28 heavy (non-hydrogen) atoms. The number of hydrogen-bond acceptors (Lipinski definition) is 6. The van der Waals surface area contributed by atoms with E-state index in [0.29, 0.717) is 23.7 Å². The lowest BCUT2D eigenvalue weighted by molar-refractivity contribution is -0.0705. The van der Waals surface area contributed by atoms with Crippen molar-refractivity contribution in [3.63, 3.8) is 0 Å². The average Bonchev–Trinajstić information content (AvgIpc) is 2.97. The molecule has 150 valence electrons. The van der Waals surface area contributed by atoms with Gasteiger partial charge in [0.25, 0.3) is 5.56 Å². The Kier molecular flexibility index (Phi) is 4.79. The van der Waals surface area contributed by atoms with E-state index in [0.717, 1.165) is 23.4 Å². The number of aromatic nitrogens is 2. The molecule has 0 spiro atoms. The van der Waals surface area contributed by atoms with Crippen molar-refractivity contribution >= 4 is 22.6 Å². The van der Waals surface area contributed by atoms with Gasteiger partial charge >= 0.3 is 0 Å². The van der Waals surface area contributed by atoms with Crippen LogP contribution in [0.5, 0.6) is 11.5 Å². The van der Waals surface area contributed by atoms with E-state index in [1.54, 1.807) is 12.1 Å². The van der Waals surface area contributed by atoms with Crippen LogP contribution in [0.25, 0.3) is 0 Å². The van der Waals surface area contributed by atoms with E-state index in [9.17, 15) is 9.90 Å². The van der Waals surface area contributed by atoms with Gasteiger partial charge in [-0.3, -0.25) is 14.6 Å². The lowest BCUT2D eigenvalue weighted by Gasteiger charge is -2.36. The van der Waals surface area contributed by atoms with Crippen LogP contribution >= 0.6 is 11.8 Å². The molecular weight excluding hydrogens is 378 g/mol. The van der Waals surface area contributed by atoms with Gasteiger partial charge < -0.3 is 14.6 Å². The minimum absolute atomic E-state index is 0.0774. The third-order valence-corrected chi connectivity index (χ3v) is 6.47. The standard InChI is InChI=1S/C20H25N3O4S/c1-11-21-18-16(17(28-11)12-5-6-14(24)15(9-12)26-4)19(25)22-23(18)13-7-8-27-20(2,3)10-13/h5-6,9,13,17,24H,7-8,10H2,1-4H3,(H,22,25). The molecule has 3 heterocycles. The molecule has 2 N–H and O–H groups in total. The lowest BCUT2D eigenvalue weighted by Crippen LogP contribution is -2.35. The predicted octanol–water partition coefficient (Wildman–Crippen LogP) is 3.91. The molecule has 4 rings (SSSR count). The number of nitrogens with one attached hydrogen (secondary N) is 1. The highest BCUT2D eigenvalue weighted by atomic mass is 32.2. The summed E-state index contributed by atoms with van der Waals surface area (Å²) < 4.78 is 13.0. The number of methoxy groups -OCH3 is 1. The zero-order valence-electron chi connectivity index (χ0n) is 16.5. The van der Waals surface area contributed by atoms with Gasteiger partial charge in [0.15, 0.2) is 17.3 Å². The number of aromatic amines is 1. The van der Waals surface area contributed by atoms with Crippen LogP contribution in [-0.4, -0.2) is 39.2 Å². The maximum atomic E-state index is 12.9. The van der Waals surface area contributed by atoms with Crippen LogP contribution in [-0.2, 0) is 4.74 Å². The minimum atomic E-state index is -0.233. The Morgan fingerprint density at radius 2 is 2.21 bits per heavy atom. The number of phenolic OH excluding ortho intramolecular Hbond substituents is 1. The number of aromatic hydroxyl groups is 1. The minimum Gasteiger partial charge on any atom is -0.504 e.